The van der Waals surface area contributed by atoms with Crippen LogP contribution in [-0.4, -0.2) is 28.4 Å². The molecule has 0 aromatic carbocycles. The van der Waals surface area contributed by atoms with Crippen molar-refractivity contribution in [2.75, 3.05) is 6.54 Å². The Labute approximate surface area is 130 Å². The zero-order valence-corrected chi connectivity index (χ0v) is 12.9. The van der Waals surface area contributed by atoms with Crippen LogP contribution in [0.2, 0.25) is 0 Å². The summed E-state index contributed by atoms with van der Waals surface area (Å²) in [4.78, 5) is 23.6. The van der Waals surface area contributed by atoms with Crippen molar-refractivity contribution >= 4 is 6.03 Å². The number of carbonyl (C=O) groups is 1. The number of urea groups is 1. The second-order valence-electron chi connectivity index (χ2n) is 6.33. The molecule has 2 aliphatic carbocycles. The summed E-state index contributed by atoms with van der Waals surface area (Å²) in [5, 5.41) is 10.2. The molecular formula is C16H24N4O2. The Hall–Kier alpha value is -1.85. The van der Waals surface area contributed by atoms with Gasteiger partial charge in [-0.15, -0.1) is 0 Å². The van der Waals surface area contributed by atoms with Crippen molar-refractivity contribution in [1.82, 2.24) is 20.4 Å². The molecule has 0 aliphatic heterocycles. The molecular weight excluding hydrogens is 280 g/mol. The molecule has 2 aliphatic rings. The van der Waals surface area contributed by atoms with Gasteiger partial charge < -0.3 is 10.6 Å². The van der Waals surface area contributed by atoms with Gasteiger partial charge in [0.05, 0.1) is 12.2 Å². The average molecular weight is 304 g/mol. The molecule has 120 valence electrons. The fraction of sp³-hybridized carbons (Fsp3) is 0.688. The van der Waals surface area contributed by atoms with Crippen LogP contribution in [0.1, 0.15) is 56.6 Å². The van der Waals surface area contributed by atoms with E-state index in [2.05, 4.69) is 15.7 Å². The molecule has 2 saturated carbocycles. The molecule has 6 nitrogen and oxygen atoms in total. The highest BCUT2D eigenvalue weighted by Gasteiger charge is 2.25. The molecule has 2 amide bonds. The van der Waals surface area contributed by atoms with Gasteiger partial charge in [-0.2, -0.15) is 5.10 Å². The van der Waals surface area contributed by atoms with E-state index in [0.29, 0.717) is 25.0 Å². The van der Waals surface area contributed by atoms with Crippen LogP contribution in [0.5, 0.6) is 0 Å². The zero-order chi connectivity index (χ0) is 15.4. The van der Waals surface area contributed by atoms with E-state index < -0.39 is 0 Å². The topological polar surface area (TPSA) is 76.0 Å². The Bertz CT molecular complexity index is 574. The highest BCUT2D eigenvalue weighted by atomic mass is 16.2. The van der Waals surface area contributed by atoms with Gasteiger partial charge in [-0.25, -0.2) is 9.48 Å². The van der Waals surface area contributed by atoms with Crippen molar-refractivity contribution in [3.63, 3.8) is 0 Å². The summed E-state index contributed by atoms with van der Waals surface area (Å²) >= 11 is 0. The smallest absolute Gasteiger partial charge is 0.315 e. The lowest BCUT2D eigenvalue weighted by Gasteiger charge is -2.22. The van der Waals surface area contributed by atoms with Gasteiger partial charge in [-0.3, -0.25) is 4.79 Å². The molecule has 0 atom stereocenters. The summed E-state index contributed by atoms with van der Waals surface area (Å²) in [6.45, 7) is 0.830. The minimum absolute atomic E-state index is 0.112. The summed E-state index contributed by atoms with van der Waals surface area (Å²) in [5.74, 6) is 0.523. The Morgan fingerprint density at radius 1 is 1.18 bits per heavy atom. The van der Waals surface area contributed by atoms with E-state index in [0.717, 1.165) is 31.4 Å². The molecule has 0 saturated heterocycles. The van der Waals surface area contributed by atoms with Crippen LogP contribution < -0.4 is 16.2 Å². The zero-order valence-electron chi connectivity index (χ0n) is 12.9. The largest absolute Gasteiger partial charge is 0.336 e. The van der Waals surface area contributed by atoms with Crippen LogP contribution in [0.25, 0.3) is 0 Å². The summed E-state index contributed by atoms with van der Waals surface area (Å²) in [7, 11) is 0. The molecule has 3 rings (SSSR count). The minimum Gasteiger partial charge on any atom is -0.336 e. The number of aromatic nitrogens is 2. The predicted octanol–water partition coefficient (Wildman–Crippen LogP) is 1.75. The maximum Gasteiger partial charge on any atom is 0.315 e. The molecule has 22 heavy (non-hydrogen) atoms. The van der Waals surface area contributed by atoms with Gasteiger partial charge in [0, 0.05) is 24.6 Å². The van der Waals surface area contributed by atoms with Crippen LogP contribution in [0.3, 0.4) is 0 Å². The number of hydrogen-bond acceptors (Lipinski definition) is 3. The Morgan fingerprint density at radius 3 is 2.68 bits per heavy atom. The summed E-state index contributed by atoms with van der Waals surface area (Å²) in [6, 6.07) is 3.55. The predicted molar refractivity (Wildman–Crippen MR) is 83.9 cm³/mol. The van der Waals surface area contributed by atoms with E-state index in [1.807, 2.05) is 6.07 Å². The van der Waals surface area contributed by atoms with Gasteiger partial charge in [0.2, 0.25) is 0 Å². The Kier molecular flexibility index (Phi) is 4.75. The van der Waals surface area contributed by atoms with Crippen LogP contribution in [0.15, 0.2) is 16.9 Å². The number of nitrogens with one attached hydrogen (secondary N) is 2. The van der Waals surface area contributed by atoms with Gasteiger partial charge in [-0.1, -0.05) is 19.3 Å². The average Bonchev–Trinajstić information content (AvgIpc) is 3.35. The third kappa shape index (κ3) is 4.08. The number of amides is 2. The number of nitrogens with zero attached hydrogens (tertiary/aromatic N) is 2. The summed E-state index contributed by atoms with van der Waals surface area (Å²) in [6.07, 6.45) is 8.11. The fourth-order valence-electron chi connectivity index (χ4n) is 2.98. The highest BCUT2D eigenvalue weighted by Crippen LogP contribution is 2.38. The van der Waals surface area contributed by atoms with Crippen molar-refractivity contribution in [2.24, 2.45) is 0 Å². The maximum absolute atomic E-state index is 11.8. The Balaban J connectivity index is 1.45. The second kappa shape index (κ2) is 6.94. The van der Waals surface area contributed by atoms with Crippen molar-refractivity contribution in [1.29, 1.82) is 0 Å². The van der Waals surface area contributed by atoms with E-state index in [1.165, 1.54) is 23.9 Å². The monoisotopic (exact) mass is 304 g/mol. The second-order valence-corrected chi connectivity index (χ2v) is 6.33. The summed E-state index contributed by atoms with van der Waals surface area (Å²) in [5.41, 5.74) is 0.880. The maximum atomic E-state index is 11.8. The Morgan fingerprint density at radius 2 is 1.95 bits per heavy atom. The van der Waals surface area contributed by atoms with Gasteiger partial charge in [0.25, 0.3) is 5.56 Å². The van der Waals surface area contributed by atoms with Crippen molar-refractivity contribution in [2.45, 2.75) is 63.5 Å². The molecule has 0 radical (unpaired) electrons. The lowest BCUT2D eigenvalue weighted by atomic mass is 9.96. The molecule has 1 aromatic heterocycles. The van der Waals surface area contributed by atoms with Crippen LogP contribution in [0, 0.1) is 0 Å². The highest BCUT2D eigenvalue weighted by molar-refractivity contribution is 5.74. The number of hydrogen-bond donors (Lipinski definition) is 2. The standard InChI is InChI=1S/C16H24N4O2/c21-15-9-8-14(12-6-7-12)19-20(15)11-10-17-16(22)18-13-4-2-1-3-5-13/h8-9,12-13H,1-7,10-11H2,(H2,17,18,22). The van der Waals surface area contributed by atoms with Gasteiger partial charge in [0.1, 0.15) is 0 Å². The molecule has 1 heterocycles. The first-order chi connectivity index (χ1) is 10.7. The third-order valence-corrected chi connectivity index (χ3v) is 4.43. The van der Waals surface area contributed by atoms with Crippen LogP contribution in [0.4, 0.5) is 4.79 Å². The van der Waals surface area contributed by atoms with Gasteiger partial charge in [0.15, 0.2) is 0 Å². The molecule has 2 fully saturated rings. The van der Waals surface area contributed by atoms with Gasteiger partial charge >= 0.3 is 6.03 Å². The van der Waals surface area contributed by atoms with Crippen LogP contribution in [-0.2, 0) is 6.54 Å². The molecule has 0 bridgehead atoms. The lowest BCUT2D eigenvalue weighted by molar-refractivity contribution is 0.232. The minimum atomic E-state index is -0.140. The van der Waals surface area contributed by atoms with E-state index >= 15 is 0 Å². The number of rotatable bonds is 5. The van der Waals surface area contributed by atoms with E-state index in [1.54, 1.807) is 6.07 Å². The molecule has 0 spiro atoms. The van der Waals surface area contributed by atoms with E-state index in [4.69, 9.17) is 0 Å². The first-order valence-corrected chi connectivity index (χ1v) is 8.35. The lowest BCUT2D eigenvalue weighted by Crippen LogP contribution is -2.44. The van der Waals surface area contributed by atoms with Gasteiger partial charge in [-0.05, 0) is 31.7 Å². The third-order valence-electron chi connectivity index (χ3n) is 4.43. The molecule has 2 N–H and O–H groups in total. The van der Waals surface area contributed by atoms with Crippen molar-refractivity contribution in [3.05, 3.63) is 28.2 Å². The van der Waals surface area contributed by atoms with E-state index in [-0.39, 0.29) is 11.6 Å². The van der Waals surface area contributed by atoms with Crippen molar-refractivity contribution < 1.29 is 4.79 Å². The molecule has 6 heteroatoms. The molecule has 1 aromatic rings. The number of carbonyl (C=O) groups excluding carboxylic acids is 1. The normalized spacial score (nSPS) is 18.9. The quantitative estimate of drug-likeness (QED) is 0.870. The molecule has 0 unspecified atom stereocenters. The first-order valence-electron chi connectivity index (χ1n) is 8.35. The fourth-order valence-corrected chi connectivity index (χ4v) is 2.98. The van der Waals surface area contributed by atoms with Crippen molar-refractivity contribution in [3.8, 4) is 0 Å². The summed E-state index contributed by atoms with van der Waals surface area (Å²) < 4.78 is 1.45. The van der Waals surface area contributed by atoms with Crippen LogP contribution >= 0.6 is 0 Å². The SMILES string of the molecule is O=C(NCCn1nc(C2CC2)ccc1=O)NC1CCCCC1. The van der Waals surface area contributed by atoms with E-state index in [9.17, 15) is 9.59 Å². The first kappa shape index (κ1) is 15.1.